The Morgan fingerprint density at radius 1 is 1.15 bits per heavy atom. The summed E-state index contributed by atoms with van der Waals surface area (Å²) in [5, 5.41) is 1.37. The highest BCUT2D eigenvalue weighted by atomic mass is 19.4. The Morgan fingerprint density at radius 3 is 2.25 bits per heavy atom. The first kappa shape index (κ1) is 16.1. The van der Waals surface area contributed by atoms with Crippen molar-refractivity contribution in [3.8, 4) is 5.75 Å². The molecule has 1 aromatic carbocycles. The van der Waals surface area contributed by atoms with Crippen LogP contribution in [0.3, 0.4) is 0 Å². The summed E-state index contributed by atoms with van der Waals surface area (Å²) < 4.78 is 88.2. The van der Waals surface area contributed by atoms with Gasteiger partial charge in [0.05, 0.1) is 0 Å². The maximum absolute atomic E-state index is 12.6. The highest BCUT2D eigenvalue weighted by Gasteiger charge is 2.49. The van der Waals surface area contributed by atoms with E-state index in [0.717, 1.165) is 18.2 Å². The molecule has 20 heavy (non-hydrogen) atoms. The normalized spacial score (nSPS) is 12.4. The van der Waals surface area contributed by atoms with Gasteiger partial charge in [0.2, 0.25) is 0 Å². The van der Waals surface area contributed by atoms with E-state index in [2.05, 4.69) is 4.74 Å². The Bertz CT molecular complexity index is 487. The van der Waals surface area contributed by atoms with Crippen LogP contribution in [0, 0.1) is 0 Å². The Balaban J connectivity index is 2.84. The molecular weight excluding hydrogens is 299 g/mol. The number of hydrogen-bond acceptors (Lipinski definition) is 2. The molecule has 10 heteroatoms. The zero-order chi connectivity index (χ0) is 15.6. The molecule has 0 heterocycles. The topological polar surface area (TPSA) is 38.3 Å². The van der Waals surface area contributed by atoms with Crippen molar-refractivity contribution >= 4 is 11.6 Å². The van der Waals surface area contributed by atoms with Gasteiger partial charge < -0.3 is 10.1 Å². The maximum Gasteiger partial charge on any atom is 0.573 e. The van der Waals surface area contributed by atoms with Gasteiger partial charge in [0.15, 0.2) is 0 Å². The molecule has 0 aromatic heterocycles. The van der Waals surface area contributed by atoms with E-state index in [1.165, 1.54) is 5.32 Å². The van der Waals surface area contributed by atoms with Crippen molar-refractivity contribution in [2.24, 2.45) is 0 Å². The average molecular weight is 305 g/mol. The molecule has 0 saturated carbocycles. The number of amides is 1. The summed E-state index contributed by atoms with van der Waals surface area (Å²) in [5.74, 6) is -8.09. The molecule has 0 atom stereocenters. The van der Waals surface area contributed by atoms with E-state index in [0.29, 0.717) is 6.07 Å². The van der Waals surface area contributed by atoms with Crippen molar-refractivity contribution in [2.45, 2.75) is 18.7 Å². The van der Waals surface area contributed by atoms with E-state index >= 15 is 0 Å². The summed E-state index contributed by atoms with van der Waals surface area (Å²) in [5.41, 5.74) is -0.544. The molecule has 1 rings (SSSR count). The van der Waals surface area contributed by atoms with Gasteiger partial charge in [0.25, 0.3) is 0 Å². The van der Waals surface area contributed by atoms with E-state index in [1.54, 1.807) is 0 Å². The molecule has 112 valence electrons. The van der Waals surface area contributed by atoms with Crippen LogP contribution in [0.15, 0.2) is 24.3 Å². The number of hydrogen-bond donors (Lipinski definition) is 1. The number of alkyl halides is 7. The third-order valence-electron chi connectivity index (χ3n) is 1.90. The number of halogens is 7. The van der Waals surface area contributed by atoms with E-state index < -0.39 is 36.1 Å². The van der Waals surface area contributed by atoms with Gasteiger partial charge in [-0.2, -0.15) is 8.78 Å². The molecule has 0 spiro atoms. The Kier molecular flexibility index (Phi) is 4.46. The number of benzene rings is 1. The van der Waals surface area contributed by atoms with E-state index in [4.69, 9.17) is 0 Å². The van der Waals surface area contributed by atoms with Gasteiger partial charge in [-0.05, 0) is 12.1 Å². The van der Waals surface area contributed by atoms with Crippen LogP contribution >= 0.6 is 0 Å². The zero-order valence-electron chi connectivity index (χ0n) is 9.35. The Hall–Kier alpha value is -2.00. The quantitative estimate of drug-likeness (QED) is 0.866. The van der Waals surface area contributed by atoms with Gasteiger partial charge >= 0.3 is 24.6 Å². The first-order chi connectivity index (χ1) is 9.02. The van der Waals surface area contributed by atoms with Crippen molar-refractivity contribution in [3.05, 3.63) is 24.3 Å². The van der Waals surface area contributed by atoms with Crippen LogP contribution in [0.2, 0.25) is 0 Å². The second kappa shape index (κ2) is 5.55. The predicted octanol–water partition coefficient (Wildman–Crippen LogP) is 3.42. The number of nitrogens with one attached hydrogen (secondary N) is 1. The molecule has 0 bridgehead atoms. The molecule has 0 saturated heterocycles. The summed E-state index contributed by atoms with van der Waals surface area (Å²) >= 11 is 0. The fourth-order valence-corrected chi connectivity index (χ4v) is 1.08. The first-order valence-electron chi connectivity index (χ1n) is 4.85. The molecule has 0 aliphatic heterocycles. The molecule has 0 fully saturated rings. The molecule has 0 aliphatic carbocycles. The van der Waals surface area contributed by atoms with E-state index in [-0.39, 0.29) is 0 Å². The number of carbonyl (C=O) groups excluding carboxylic acids is 1. The van der Waals surface area contributed by atoms with Crippen LogP contribution in [-0.4, -0.2) is 24.6 Å². The fourth-order valence-electron chi connectivity index (χ4n) is 1.08. The third-order valence-corrected chi connectivity index (χ3v) is 1.90. The van der Waals surface area contributed by atoms with Gasteiger partial charge in [-0.15, -0.1) is 13.2 Å². The lowest BCUT2D eigenvalue weighted by Gasteiger charge is -2.15. The summed E-state index contributed by atoms with van der Waals surface area (Å²) in [6, 6.07) is 3.29. The highest BCUT2D eigenvalue weighted by molar-refractivity contribution is 5.96. The zero-order valence-corrected chi connectivity index (χ0v) is 9.35. The molecule has 0 unspecified atom stereocenters. The molecule has 0 radical (unpaired) electrons. The molecule has 1 amide bonds. The summed E-state index contributed by atoms with van der Waals surface area (Å²) in [7, 11) is 0. The van der Waals surface area contributed by atoms with Crippen LogP contribution in [-0.2, 0) is 4.79 Å². The minimum absolute atomic E-state index is 0.544. The second-order valence-corrected chi connectivity index (χ2v) is 3.45. The fraction of sp³-hybridized carbons (Fsp3) is 0.300. The summed E-state index contributed by atoms with van der Waals surface area (Å²) in [4.78, 5) is 10.9. The summed E-state index contributed by atoms with van der Waals surface area (Å²) in [6.45, 7) is 0. The van der Waals surface area contributed by atoms with Crippen LogP contribution in [0.4, 0.5) is 36.4 Å². The number of anilines is 1. The predicted molar refractivity (Wildman–Crippen MR) is 52.7 cm³/mol. The lowest BCUT2D eigenvalue weighted by Crippen LogP contribution is -2.40. The lowest BCUT2D eigenvalue weighted by molar-refractivity contribution is -0.274. The Labute approximate surface area is 107 Å². The third kappa shape index (κ3) is 4.28. The van der Waals surface area contributed by atoms with Gasteiger partial charge in [0, 0.05) is 11.8 Å². The number of rotatable bonds is 4. The van der Waals surface area contributed by atoms with Crippen molar-refractivity contribution in [3.63, 3.8) is 0 Å². The Morgan fingerprint density at radius 2 is 1.75 bits per heavy atom. The lowest BCUT2D eigenvalue weighted by atomic mass is 10.2. The van der Waals surface area contributed by atoms with Crippen molar-refractivity contribution in [1.82, 2.24) is 0 Å². The van der Waals surface area contributed by atoms with Gasteiger partial charge in [-0.25, -0.2) is 8.78 Å². The average Bonchev–Trinajstić information content (AvgIpc) is 2.26. The molecule has 3 nitrogen and oxygen atoms in total. The van der Waals surface area contributed by atoms with E-state index in [1.807, 2.05) is 0 Å². The van der Waals surface area contributed by atoms with Gasteiger partial charge in [-0.3, -0.25) is 4.79 Å². The van der Waals surface area contributed by atoms with Crippen molar-refractivity contribution in [2.75, 3.05) is 5.32 Å². The monoisotopic (exact) mass is 305 g/mol. The minimum Gasteiger partial charge on any atom is -0.406 e. The first-order valence-corrected chi connectivity index (χ1v) is 4.85. The standard InChI is InChI=1S/C10H6F7NO2/c11-7(12)9(13,14)8(19)18-5-2-1-3-6(4-5)20-10(15,16)17/h1-4,7H,(H,18,19). The van der Waals surface area contributed by atoms with Gasteiger partial charge in [-0.1, -0.05) is 6.07 Å². The van der Waals surface area contributed by atoms with Crippen molar-refractivity contribution < 1.29 is 40.3 Å². The van der Waals surface area contributed by atoms with Crippen molar-refractivity contribution in [1.29, 1.82) is 0 Å². The number of ether oxygens (including phenoxy) is 1. The maximum atomic E-state index is 12.6. The van der Waals surface area contributed by atoms with E-state index in [9.17, 15) is 35.5 Å². The summed E-state index contributed by atoms with van der Waals surface area (Å²) in [6.07, 6.45) is -9.26. The highest BCUT2D eigenvalue weighted by Crippen LogP contribution is 2.27. The largest absolute Gasteiger partial charge is 0.573 e. The second-order valence-electron chi connectivity index (χ2n) is 3.45. The smallest absolute Gasteiger partial charge is 0.406 e. The molecule has 0 aliphatic rings. The van der Waals surface area contributed by atoms with Crippen LogP contribution < -0.4 is 10.1 Å². The molecule has 1 N–H and O–H groups in total. The van der Waals surface area contributed by atoms with Crippen LogP contribution in [0.5, 0.6) is 5.75 Å². The van der Waals surface area contributed by atoms with Crippen LogP contribution in [0.25, 0.3) is 0 Å². The molecular formula is C10H6F7NO2. The molecule has 1 aromatic rings. The number of carbonyl (C=O) groups is 1. The van der Waals surface area contributed by atoms with Gasteiger partial charge in [0.1, 0.15) is 5.75 Å². The minimum atomic E-state index is -5.02. The SMILES string of the molecule is O=C(Nc1cccc(OC(F)(F)F)c1)C(F)(F)C(F)F. The van der Waals surface area contributed by atoms with Crippen LogP contribution in [0.1, 0.15) is 0 Å².